The third-order valence-electron chi connectivity index (χ3n) is 6.97. The lowest BCUT2D eigenvalue weighted by atomic mass is 10.1. The molecule has 3 heterocycles. The Bertz CT molecular complexity index is 1640. The maximum Gasteiger partial charge on any atom is 0.410 e. The van der Waals surface area contributed by atoms with Gasteiger partial charge in [-0.25, -0.2) is 14.0 Å². The van der Waals surface area contributed by atoms with Crippen LogP contribution in [0, 0.1) is 12.7 Å². The summed E-state index contributed by atoms with van der Waals surface area (Å²) in [4.78, 5) is 42.8. The van der Waals surface area contributed by atoms with Crippen molar-refractivity contribution in [1.82, 2.24) is 14.0 Å². The second kappa shape index (κ2) is 10.4. The van der Waals surface area contributed by atoms with Crippen LogP contribution in [0.15, 0.2) is 64.2 Å². The Balaban J connectivity index is 1.56. The minimum atomic E-state index is -0.602. The predicted octanol–water partition coefficient (Wildman–Crippen LogP) is 5.96. The Hall–Kier alpha value is -3.72. The molecule has 0 N–H and O–H groups in total. The van der Waals surface area contributed by atoms with Crippen molar-refractivity contribution in [2.24, 2.45) is 0 Å². The van der Waals surface area contributed by atoms with Gasteiger partial charge in [-0.1, -0.05) is 42.5 Å². The molecule has 1 aliphatic heterocycles. The van der Waals surface area contributed by atoms with Gasteiger partial charge in [0.25, 0.3) is 5.56 Å². The average Bonchev–Trinajstić information content (AvgIpc) is 3.34. The Labute approximate surface area is 230 Å². The van der Waals surface area contributed by atoms with Gasteiger partial charge in [0.05, 0.1) is 12.1 Å². The molecule has 1 saturated heterocycles. The summed E-state index contributed by atoms with van der Waals surface area (Å²) in [6, 6.07) is 16.2. The van der Waals surface area contributed by atoms with Crippen molar-refractivity contribution in [2.45, 2.75) is 58.7 Å². The molecule has 204 valence electrons. The third kappa shape index (κ3) is 5.54. The Morgan fingerprint density at radius 1 is 1.05 bits per heavy atom. The van der Waals surface area contributed by atoms with Gasteiger partial charge in [-0.3, -0.25) is 13.9 Å². The number of ether oxygens (including phenoxy) is 1. The van der Waals surface area contributed by atoms with Crippen molar-refractivity contribution in [1.29, 1.82) is 0 Å². The smallest absolute Gasteiger partial charge is 0.410 e. The molecule has 2 aromatic heterocycles. The zero-order valence-electron chi connectivity index (χ0n) is 22.6. The van der Waals surface area contributed by atoms with Gasteiger partial charge in [-0.05, 0) is 69.4 Å². The minimum Gasteiger partial charge on any atom is -0.444 e. The summed E-state index contributed by atoms with van der Waals surface area (Å²) >= 11 is 1.35. The van der Waals surface area contributed by atoms with Gasteiger partial charge >= 0.3 is 11.8 Å². The molecule has 2 aromatic carbocycles. The first-order chi connectivity index (χ1) is 18.5. The van der Waals surface area contributed by atoms with E-state index in [1.54, 1.807) is 28.5 Å². The molecule has 9 heteroatoms. The van der Waals surface area contributed by atoms with Crippen LogP contribution in [0.2, 0.25) is 0 Å². The molecule has 0 bridgehead atoms. The van der Waals surface area contributed by atoms with Crippen LogP contribution >= 0.6 is 11.3 Å². The van der Waals surface area contributed by atoms with Gasteiger partial charge in [-0.2, -0.15) is 0 Å². The number of aromatic nitrogens is 2. The van der Waals surface area contributed by atoms with E-state index in [1.165, 1.54) is 22.0 Å². The highest BCUT2D eigenvalue weighted by atomic mass is 32.1. The highest BCUT2D eigenvalue weighted by Crippen LogP contribution is 2.32. The maximum atomic E-state index is 14.4. The summed E-state index contributed by atoms with van der Waals surface area (Å²) in [6.07, 6.45) is 0.514. The van der Waals surface area contributed by atoms with Crippen LogP contribution in [0.3, 0.4) is 0 Å². The van der Waals surface area contributed by atoms with Gasteiger partial charge in [0.15, 0.2) is 0 Å². The van der Waals surface area contributed by atoms with Crippen molar-refractivity contribution in [3.8, 4) is 10.4 Å². The predicted molar refractivity (Wildman–Crippen MR) is 152 cm³/mol. The summed E-state index contributed by atoms with van der Waals surface area (Å²) in [5.74, 6) is -0.338. The maximum absolute atomic E-state index is 14.4. The van der Waals surface area contributed by atoms with Crippen LogP contribution in [-0.4, -0.2) is 38.8 Å². The van der Waals surface area contributed by atoms with Gasteiger partial charge < -0.3 is 9.64 Å². The lowest BCUT2D eigenvalue weighted by molar-refractivity contribution is 0.0186. The number of piperidine rings is 1. The summed E-state index contributed by atoms with van der Waals surface area (Å²) in [6.45, 7) is 8.05. The molecule has 1 aliphatic rings. The second-order valence-corrected chi connectivity index (χ2v) is 12.1. The fourth-order valence-corrected chi connectivity index (χ4v) is 6.04. The SMILES string of the molecule is Cc1ccc(Cn2c(=O)n(C3CCN(C(=O)OC(C)(C)C)CC3)c(=O)c3sc(-c4ccccc4)cc32)cc1F. The number of nitrogens with zero attached hydrogens (tertiary/aromatic N) is 3. The number of rotatable bonds is 4. The molecule has 0 spiro atoms. The van der Waals surface area contributed by atoms with Crippen molar-refractivity contribution in [3.05, 3.63) is 92.4 Å². The molecule has 39 heavy (non-hydrogen) atoms. The molecule has 0 atom stereocenters. The number of carbonyl (C=O) groups excluding carboxylic acids is 1. The van der Waals surface area contributed by atoms with Gasteiger partial charge in [0.1, 0.15) is 16.1 Å². The molecule has 0 saturated carbocycles. The van der Waals surface area contributed by atoms with E-state index in [2.05, 4.69) is 0 Å². The number of fused-ring (bicyclic) bond motifs is 1. The third-order valence-corrected chi connectivity index (χ3v) is 8.13. The number of thiophene rings is 1. The summed E-state index contributed by atoms with van der Waals surface area (Å²) in [5.41, 5.74) is 1.30. The standard InChI is InChI=1S/C30H32FN3O4S/c1-19-10-11-20(16-23(19)31)18-33-24-17-25(21-8-6-5-7-9-21)39-26(24)27(35)34(28(33)36)22-12-14-32(15-13-22)29(37)38-30(2,3)4/h5-11,16-17,22H,12-15,18H2,1-4H3. The number of benzene rings is 2. The summed E-state index contributed by atoms with van der Waals surface area (Å²) < 4.78 is 23.3. The van der Waals surface area contributed by atoms with Gasteiger partial charge in [0.2, 0.25) is 0 Å². The Morgan fingerprint density at radius 3 is 2.38 bits per heavy atom. The molecule has 7 nitrogen and oxygen atoms in total. The second-order valence-electron chi connectivity index (χ2n) is 11.0. The van der Waals surface area contributed by atoms with E-state index >= 15 is 0 Å². The van der Waals surface area contributed by atoms with E-state index in [1.807, 2.05) is 57.2 Å². The minimum absolute atomic E-state index is 0.133. The highest BCUT2D eigenvalue weighted by Gasteiger charge is 2.30. The van der Waals surface area contributed by atoms with Crippen LogP contribution in [0.25, 0.3) is 20.7 Å². The molecule has 1 amide bonds. The molecule has 1 fully saturated rings. The van der Waals surface area contributed by atoms with Crippen molar-refractivity contribution < 1.29 is 13.9 Å². The lowest BCUT2D eigenvalue weighted by Crippen LogP contribution is -2.47. The molecule has 0 radical (unpaired) electrons. The quantitative estimate of drug-likeness (QED) is 0.315. The van der Waals surface area contributed by atoms with E-state index in [4.69, 9.17) is 4.74 Å². The molecule has 5 rings (SSSR count). The fraction of sp³-hybridized carbons (Fsp3) is 0.367. The van der Waals surface area contributed by atoms with Crippen molar-refractivity contribution in [3.63, 3.8) is 0 Å². The van der Waals surface area contributed by atoms with Gasteiger partial charge in [0, 0.05) is 24.0 Å². The first-order valence-electron chi connectivity index (χ1n) is 13.1. The number of likely N-dealkylation sites (tertiary alicyclic amines) is 1. The normalized spacial score (nSPS) is 14.6. The van der Waals surface area contributed by atoms with Crippen LogP contribution in [0.5, 0.6) is 0 Å². The molecular formula is C30H32FN3O4S. The number of amides is 1. The number of halogens is 1. The van der Waals surface area contributed by atoms with E-state index in [9.17, 15) is 18.8 Å². The Morgan fingerprint density at radius 2 is 1.74 bits per heavy atom. The number of hydrogen-bond donors (Lipinski definition) is 0. The molecular weight excluding hydrogens is 517 g/mol. The fourth-order valence-electron chi connectivity index (χ4n) is 4.93. The molecule has 4 aromatic rings. The van der Waals surface area contributed by atoms with Crippen LogP contribution in [-0.2, 0) is 11.3 Å². The zero-order valence-corrected chi connectivity index (χ0v) is 23.4. The first-order valence-corrected chi connectivity index (χ1v) is 13.9. The number of aryl methyl sites for hydroxylation is 1. The topological polar surface area (TPSA) is 73.5 Å². The molecule has 0 unspecified atom stereocenters. The Kier molecular flexibility index (Phi) is 7.20. The largest absolute Gasteiger partial charge is 0.444 e. The number of hydrogen-bond acceptors (Lipinski definition) is 5. The number of carbonyl (C=O) groups is 1. The van der Waals surface area contributed by atoms with E-state index in [0.29, 0.717) is 47.3 Å². The van der Waals surface area contributed by atoms with Crippen LogP contribution < -0.4 is 11.2 Å². The monoisotopic (exact) mass is 549 g/mol. The van der Waals surface area contributed by atoms with E-state index < -0.39 is 17.4 Å². The zero-order chi connectivity index (χ0) is 27.9. The lowest BCUT2D eigenvalue weighted by Gasteiger charge is -2.34. The van der Waals surface area contributed by atoms with Crippen molar-refractivity contribution >= 4 is 27.6 Å². The van der Waals surface area contributed by atoms with Crippen LogP contribution in [0.4, 0.5) is 9.18 Å². The van der Waals surface area contributed by atoms with E-state index in [0.717, 1.165) is 10.4 Å². The summed E-state index contributed by atoms with van der Waals surface area (Å²) in [5, 5.41) is 0. The van der Waals surface area contributed by atoms with E-state index in [-0.39, 0.29) is 24.0 Å². The molecule has 0 aliphatic carbocycles. The highest BCUT2D eigenvalue weighted by molar-refractivity contribution is 7.22. The first kappa shape index (κ1) is 26.9. The summed E-state index contributed by atoms with van der Waals surface area (Å²) in [7, 11) is 0. The average molecular weight is 550 g/mol. The van der Waals surface area contributed by atoms with Crippen molar-refractivity contribution in [2.75, 3.05) is 13.1 Å². The van der Waals surface area contributed by atoms with Gasteiger partial charge in [-0.15, -0.1) is 11.3 Å². The van der Waals surface area contributed by atoms with Crippen LogP contribution in [0.1, 0.15) is 50.8 Å².